The molecule has 1 fully saturated rings. The second-order valence-corrected chi connectivity index (χ2v) is 6.19. The summed E-state index contributed by atoms with van der Waals surface area (Å²) in [6.45, 7) is 0. The number of aromatic amines is 1. The molecule has 2 aromatic rings. The Morgan fingerprint density at radius 3 is 2.71 bits per heavy atom. The van der Waals surface area contributed by atoms with Crippen molar-refractivity contribution in [3.63, 3.8) is 0 Å². The first kappa shape index (κ1) is 13.5. The molecular weight excluding hydrogens is 303 g/mol. The summed E-state index contributed by atoms with van der Waals surface area (Å²) in [5, 5.41) is 0. The third-order valence-electron chi connectivity index (χ3n) is 4.48. The molecule has 24 heavy (non-hydrogen) atoms. The maximum Gasteiger partial charge on any atom is 0.145 e. The summed E-state index contributed by atoms with van der Waals surface area (Å²) >= 11 is 0. The van der Waals surface area contributed by atoms with Crippen LogP contribution in [0.2, 0.25) is 0 Å². The zero-order chi connectivity index (χ0) is 16.1. The predicted molar refractivity (Wildman–Crippen MR) is 89.1 cm³/mol. The minimum absolute atomic E-state index is 0.247. The van der Waals surface area contributed by atoms with Gasteiger partial charge in [0.2, 0.25) is 0 Å². The lowest BCUT2D eigenvalue weighted by Gasteiger charge is -2.06. The average Bonchev–Trinajstić information content (AvgIpc) is 3.18. The minimum atomic E-state index is -0.247. The minimum Gasteiger partial charge on any atom is -0.459 e. The molecule has 0 bridgehead atoms. The van der Waals surface area contributed by atoms with Crippen LogP contribution < -0.4 is 0 Å². The van der Waals surface area contributed by atoms with Crippen LogP contribution in [0.25, 0.3) is 33.8 Å². The van der Waals surface area contributed by atoms with Gasteiger partial charge in [-0.3, -0.25) is 0 Å². The maximum absolute atomic E-state index is 13.3. The molecule has 1 radical (unpaired) electrons. The Morgan fingerprint density at radius 1 is 1.17 bits per heavy atom. The summed E-state index contributed by atoms with van der Waals surface area (Å²) in [6.07, 6.45) is 5.83. The lowest BCUT2D eigenvalue weighted by atomic mass is 10.0. The van der Waals surface area contributed by atoms with Crippen LogP contribution in [0.15, 0.2) is 53.2 Å². The normalized spacial score (nSPS) is 14.4. The van der Waals surface area contributed by atoms with Gasteiger partial charge in [0.15, 0.2) is 0 Å². The largest absolute Gasteiger partial charge is 0.459 e. The topological polar surface area (TPSA) is 41.8 Å². The lowest BCUT2D eigenvalue weighted by Crippen LogP contribution is -1.87. The molecule has 1 aromatic heterocycles. The predicted octanol–water partition coefficient (Wildman–Crippen LogP) is 5.26. The Hall–Kier alpha value is -2.88. The van der Waals surface area contributed by atoms with Gasteiger partial charge in [-0.25, -0.2) is 9.37 Å². The summed E-state index contributed by atoms with van der Waals surface area (Å²) in [7, 11) is 0. The highest BCUT2D eigenvalue weighted by Gasteiger charge is 2.29. The summed E-state index contributed by atoms with van der Waals surface area (Å²) in [5.74, 6) is 2.71. The van der Waals surface area contributed by atoms with Crippen molar-refractivity contribution in [1.82, 2.24) is 9.97 Å². The lowest BCUT2D eigenvalue weighted by molar-refractivity contribution is 0.509. The Kier molecular flexibility index (Phi) is 2.86. The molecule has 2 heterocycles. The van der Waals surface area contributed by atoms with Gasteiger partial charge < -0.3 is 9.40 Å². The number of halogens is 1. The number of aromatic nitrogens is 2. The van der Waals surface area contributed by atoms with Crippen molar-refractivity contribution in [1.29, 1.82) is 0 Å². The van der Waals surface area contributed by atoms with E-state index in [1.807, 2.05) is 6.07 Å². The molecule has 5 rings (SSSR count). The second kappa shape index (κ2) is 5.06. The van der Waals surface area contributed by atoms with E-state index in [0.29, 0.717) is 5.92 Å². The number of fused-ring (bicyclic) bond motifs is 1. The molecule has 3 nitrogen and oxygen atoms in total. The van der Waals surface area contributed by atoms with Crippen LogP contribution in [-0.4, -0.2) is 9.97 Å². The van der Waals surface area contributed by atoms with Gasteiger partial charge >= 0.3 is 0 Å². The standard InChI is InChI=1S/C20H14FN2O/c21-15-6-3-12(4-7-15)16-11-14-5-8-17(13-1-2-13)24-19(14)18(16)20-22-9-10-23-20/h3-7,9-11,13H,1-2H2,(H,22,23). The highest BCUT2D eigenvalue weighted by Crippen LogP contribution is 2.47. The van der Waals surface area contributed by atoms with Crippen molar-refractivity contribution >= 4 is 0 Å². The highest BCUT2D eigenvalue weighted by atomic mass is 19.1. The summed E-state index contributed by atoms with van der Waals surface area (Å²) in [4.78, 5) is 7.57. The van der Waals surface area contributed by atoms with Crippen molar-refractivity contribution in [2.24, 2.45) is 0 Å². The zero-order valence-corrected chi connectivity index (χ0v) is 12.8. The molecular formula is C20H14FN2O. The molecule has 0 unspecified atom stereocenters. The number of nitrogens with zero attached hydrogens (tertiary/aromatic N) is 1. The first-order valence-corrected chi connectivity index (χ1v) is 8.03. The SMILES string of the molecule is Fc1ccc(-c2cc3c[c]c(C4CC4)oc-3c2-c2ncc[nH]2)cc1. The summed E-state index contributed by atoms with van der Waals surface area (Å²) in [5.41, 5.74) is 3.80. The van der Waals surface area contributed by atoms with Gasteiger partial charge in [-0.2, -0.15) is 0 Å². The average molecular weight is 317 g/mol. The number of nitrogens with one attached hydrogen (secondary N) is 1. The van der Waals surface area contributed by atoms with E-state index >= 15 is 0 Å². The molecule has 1 aliphatic heterocycles. The van der Waals surface area contributed by atoms with Crippen LogP contribution in [-0.2, 0) is 0 Å². The third-order valence-corrected chi connectivity index (χ3v) is 4.48. The highest BCUT2D eigenvalue weighted by molar-refractivity contribution is 5.94. The van der Waals surface area contributed by atoms with Gasteiger partial charge in [-0.05, 0) is 48.2 Å². The Balaban J connectivity index is 1.77. The van der Waals surface area contributed by atoms with E-state index in [9.17, 15) is 4.39 Å². The van der Waals surface area contributed by atoms with Gasteiger partial charge in [-0.15, -0.1) is 0 Å². The second-order valence-electron chi connectivity index (χ2n) is 6.19. The van der Waals surface area contributed by atoms with E-state index in [-0.39, 0.29) is 5.82 Å². The fourth-order valence-electron chi connectivity index (χ4n) is 3.11. The molecule has 1 N–H and O–H groups in total. The van der Waals surface area contributed by atoms with Crippen LogP contribution in [0.3, 0.4) is 0 Å². The van der Waals surface area contributed by atoms with Gasteiger partial charge in [0, 0.05) is 29.9 Å². The van der Waals surface area contributed by atoms with Crippen LogP contribution in [0.5, 0.6) is 0 Å². The monoisotopic (exact) mass is 317 g/mol. The number of rotatable bonds is 3. The van der Waals surface area contributed by atoms with Crippen LogP contribution in [0, 0.1) is 11.9 Å². The Bertz CT molecular complexity index is 966. The smallest absolute Gasteiger partial charge is 0.145 e. The van der Waals surface area contributed by atoms with Gasteiger partial charge in [-0.1, -0.05) is 12.1 Å². The van der Waals surface area contributed by atoms with Crippen molar-refractivity contribution < 1.29 is 8.81 Å². The number of hydrogen-bond acceptors (Lipinski definition) is 2. The van der Waals surface area contributed by atoms with Crippen LogP contribution in [0.1, 0.15) is 24.5 Å². The van der Waals surface area contributed by atoms with E-state index in [4.69, 9.17) is 4.42 Å². The van der Waals surface area contributed by atoms with Crippen molar-refractivity contribution in [3.05, 3.63) is 66.4 Å². The molecule has 0 spiro atoms. The van der Waals surface area contributed by atoms with E-state index < -0.39 is 0 Å². The first-order chi connectivity index (χ1) is 11.8. The van der Waals surface area contributed by atoms with E-state index in [1.165, 1.54) is 12.1 Å². The van der Waals surface area contributed by atoms with Crippen molar-refractivity contribution in [2.75, 3.05) is 0 Å². The third kappa shape index (κ3) is 2.14. The van der Waals surface area contributed by atoms with Gasteiger partial charge in [0.05, 0.1) is 5.56 Å². The number of benzene rings is 1. The van der Waals surface area contributed by atoms with Gasteiger partial charge in [0.25, 0.3) is 0 Å². The molecule has 1 saturated carbocycles. The number of H-pyrrole nitrogens is 1. The molecule has 0 atom stereocenters. The van der Waals surface area contributed by atoms with Gasteiger partial charge in [0.1, 0.15) is 23.2 Å². The van der Waals surface area contributed by atoms with Crippen LogP contribution in [0.4, 0.5) is 4.39 Å². The fraction of sp³-hybridized carbons (Fsp3) is 0.150. The Morgan fingerprint density at radius 2 is 2.00 bits per heavy atom. The molecule has 2 aliphatic carbocycles. The molecule has 1 aromatic carbocycles. The molecule has 4 heteroatoms. The van der Waals surface area contributed by atoms with E-state index in [2.05, 4.69) is 22.1 Å². The quantitative estimate of drug-likeness (QED) is 0.560. The van der Waals surface area contributed by atoms with E-state index in [0.717, 1.165) is 52.4 Å². The summed E-state index contributed by atoms with van der Waals surface area (Å²) in [6, 6.07) is 13.8. The number of imidazole rings is 1. The van der Waals surface area contributed by atoms with E-state index in [1.54, 1.807) is 24.5 Å². The maximum atomic E-state index is 13.3. The van der Waals surface area contributed by atoms with Crippen LogP contribution >= 0.6 is 0 Å². The summed E-state index contributed by atoms with van der Waals surface area (Å²) < 4.78 is 19.5. The Labute approximate surface area is 138 Å². The molecule has 117 valence electrons. The zero-order valence-electron chi connectivity index (χ0n) is 12.8. The molecule has 0 amide bonds. The van der Waals surface area contributed by atoms with Crippen molar-refractivity contribution in [2.45, 2.75) is 18.8 Å². The first-order valence-electron chi connectivity index (χ1n) is 8.03. The van der Waals surface area contributed by atoms with Crippen molar-refractivity contribution in [3.8, 4) is 33.8 Å². The fourth-order valence-corrected chi connectivity index (χ4v) is 3.11. The molecule has 3 aliphatic rings. The number of hydrogen-bond donors (Lipinski definition) is 1. The molecule has 0 saturated heterocycles.